The summed E-state index contributed by atoms with van der Waals surface area (Å²) in [6, 6.07) is 2.31. The van der Waals surface area contributed by atoms with Gasteiger partial charge in [-0.1, -0.05) is 13.3 Å². The van der Waals surface area contributed by atoms with E-state index in [1.165, 1.54) is 0 Å². The molecule has 0 saturated heterocycles. The van der Waals surface area contributed by atoms with Crippen LogP contribution in [0.25, 0.3) is 0 Å². The lowest BCUT2D eigenvalue weighted by Crippen LogP contribution is -1.89. The second kappa shape index (κ2) is 3.52. The van der Waals surface area contributed by atoms with Crippen LogP contribution in [0.1, 0.15) is 18.9 Å². The molecule has 0 heterocycles. The van der Waals surface area contributed by atoms with Gasteiger partial charge in [0, 0.05) is 0 Å². The number of halogens is 2. The van der Waals surface area contributed by atoms with Crippen LogP contribution in [0.3, 0.4) is 0 Å². The van der Waals surface area contributed by atoms with E-state index in [1.807, 2.05) is 6.92 Å². The number of rotatable bonds is 2. The Balaban J connectivity index is 3.04. The fraction of sp³-hybridized carbons (Fsp3) is 0.333. The molecule has 1 N–H and O–H groups in total. The molecule has 0 aliphatic heterocycles. The zero-order chi connectivity index (χ0) is 9.14. The van der Waals surface area contributed by atoms with E-state index < -0.39 is 17.4 Å². The fourth-order valence-electron chi connectivity index (χ4n) is 1.05. The lowest BCUT2D eigenvalue weighted by molar-refractivity contribution is 0.395. The van der Waals surface area contributed by atoms with Crippen molar-refractivity contribution in [1.82, 2.24) is 0 Å². The van der Waals surface area contributed by atoms with Gasteiger partial charge in [-0.05, 0) is 24.1 Å². The molecule has 0 spiro atoms. The van der Waals surface area contributed by atoms with Crippen molar-refractivity contribution in [2.24, 2.45) is 0 Å². The Bertz CT molecular complexity index is 261. The second-order valence-corrected chi connectivity index (χ2v) is 2.66. The summed E-state index contributed by atoms with van der Waals surface area (Å²) in [5.41, 5.74) is 0.574. The van der Waals surface area contributed by atoms with Crippen molar-refractivity contribution in [2.75, 3.05) is 0 Å². The molecule has 1 aromatic rings. The average molecular weight is 172 g/mol. The first-order chi connectivity index (χ1) is 5.65. The largest absolute Gasteiger partial charge is 0.503 e. The summed E-state index contributed by atoms with van der Waals surface area (Å²) in [4.78, 5) is 0. The minimum absolute atomic E-state index is 0.574. The maximum absolute atomic E-state index is 12.7. The summed E-state index contributed by atoms with van der Waals surface area (Å²) < 4.78 is 25.3. The number of hydrogen-bond acceptors (Lipinski definition) is 1. The highest BCUT2D eigenvalue weighted by Gasteiger charge is 2.08. The van der Waals surface area contributed by atoms with Crippen molar-refractivity contribution in [3.8, 4) is 5.75 Å². The molecule has 0 radical (unpaired) electrons. The van der Waals surface area contributed by atoms with Crippen molar-refractivity contribution < 1.29 is 13.9 Å². The van der Waals surface area contributed by atoms with Crippen molar-refractivity contribution in [2.45, 2.75) is 19.8 Å². The number of phenols is 1. The van der Waals surface area contributed by atoms with Gasteiger partial charge in [0.2, 0.25) is 0 Å². The number of hydrogen-bond donors (Lipinski definition) is 1. The molecular weight excluding hydrogens is 162 g/mol. The molecule has 1 nitrogen and oxygen atoms in total. The van der Waals surface area contributed by atoms with Gasteiger partial charge in [-0.25, -0.2) is 8.78 Å². The Morgan fingerprint density at radius 1 is 1.25 bits per heavy atom. The maximum Gasteiger partial charge on any atom is 0.187 e. The highest BCUT2D eigenvalue weighted by molar-refractivity contribution is 5.29. The zero-order valence-electron chi connectivity index (χ0n) is 6.77. The van der Waals surface area contributed by atoms with Crippen LogP contribution in [-0.4, -0.2) is 5.11 Å². The molecule has 12 heavy (non-hydrogen) atoms. The van der Waals surface area contributed by atoms with E-state index in [4.69, 9.17) is 5.11 Å². The summed E-state index contributed by atoms with van der Waals surface area (Å²) in [5.74, 6) is -2.67. The first kappa shape index (κ1) is 8.97. The van der Waals surface area contributed by atoms with E-state index in [0.29, 0.717) is 12.0 Å². The normalized spacial score (nSPS) is 10.2. The fourth-order valence-corrected chi connectivity index (χ4v) is 1.05. The minimum atomic E-state index is -0.894. The standard InChI is InChI=1S/C9H10F2O/c1-2-3-6-4-7(10)9(12)8(11)5-6/h4-5,12H,2-3H2,1H3. The number of phenolic OH excluding ortho intramolecular Hbond substituents is 1. The third-order valence-corrected chi connectivity index (χ3v) is 1.62. The Hall–Kier alpha value is -1.12. The number of aryl methyl sites for hydroxylation is 1. The predicted octanol–water partition coefficient (Wildman–Crippen LogP) is 2.62. The van der Waals surface area contributed by atoms with E-state index in [0.717, 1.165) is 18.6 Å². The molecule has 0 unspecified atom stereocenters. The molecule has 0 amide bonds. The summed E-state index contributed by atoms with van der Waals surface area (Å²) in [5, 5.41) is 8.75. The van der Waals surface area contributed by atoms with E-state index in [-0.39, 0.29) is 0 Å². The third-order valence-electron chi connectivity index (χ3n) is 1.62. The molecule has 0 saturated carbocycles. The third kappa shape index (κ3) is 1.72. The topological polar surface area (TPSA) is 20.2 Å². The SMILES string of the molecule is CCCc1cc(F)c(O)c(F)c1. The van der Waals surface area contributed by atoms with Gasteiger partial charge in [0.25, 0.3) is 0 Å². The number of aromatic hydroxyl groups is 1. The summed E-state index contributed by atoms with van der Waals surface area (Å²) in [6.07, 6.45) is 1.44. The van der Waals surface area contributed by atoms with Gasteiger partial charge in [-0.3, -0.25) is 0 Å². The van der Waals surface area contributed by atoms with Gasteiger partial charge in [0.1, 0.15) is 0 Å². The van der Waals surface area contributed by atoms with Gasteiger partial charge in [-0.15, -0.1) is 0 Å². The Morgan fingerprint density at radius 2 is 1.75 bits per heavy atom. The maximum atomic E-state index is 12.7. The zero-order valence-corrected chi connectivity index (χ0v) is 6.77. The smallest absolute Gasteiger partial charge is 0.187 e. The molecule has 0 aromatic heterocycles. The van der Waals surface area contributed by atoms with E-state index in [9.17, 15) is 8.78 Å². The average Bonchev–Trinajstić information content (AvgIpc) is 2.01. The molecule has 0 aliphatic rings. The lowest BCUT2D eigenvalue weighted by Gasteiger charge is -2.01. The quantitative estimate of drug-likeness (QED) is 0.727. The van der Waals surface area contributed by atoms with Crippen LogP contribution in [0.2, 0.25) is 0 Å². The molecule has 0 aliphatic carbocycles. The van der Waals surface area contributed by atoms with Crippen molar-refractivity contribution >= 4 is 0 Å². The van der Waals surface area contributed by atoms with Gasteiger partial charge in [-0.2, -0.15) is 0 Å². The van der Waals surface area contributed by atoms with Crippen LogP contribution >= 0.6 is 0 Å². The van der Waals surface area contributed by atoms with Crippen LogP contribution in [0.15, 0.2) is 12.1 Å². The Morgan fingerprint density at radius 3 is 2.17 bits per heavy atom. The lowest BCUT2D eigenvalue weighted by atomic mass is 10.1. The van der Waals surface area contributed by atoms with Gasteiger partial charge in [0.15, 0.2) is 17.4 Å². The molecule has 0 bridgehead atoms. The molecule has 66 valence electrons. The van der Waals surface area contributed by atoms with E-state index >= 15 is 0 Å². The Kier molecular flexibility index (Phi) is 2.63. The number of benzene rings is 1. The predicted molar refractivity (Wildman–Crippen MR) is 42.0 cm³/mol. The molecule has 0 atom stereocenters. The van der Waals surface area contributed by atoms with Crippen molar-refractivity contribution in [1.29, 1.82) is 0 Å². The molecule has 1 aromatic carbocycles. The summed E-state index contributed by atoms with van der Waals surface area (Å²) >= 11 is 0. The molecular formula is C9H10F2O. The summed E-state index contributed by atoms with van der Waals surface area (Å²) in [7, 11) is 0. The summed E-state index contributed by atoms with van der Waals surface area (Å²) in [6.45, 7) is 1.92. The molecule has 3 heteroatoms. The van der Waals surface area contributed by atoms with Crippen molar-refractivity contribution in [3.63, 3.8) is 0 Å². The van der Waals surface area contributed by atoms with Gasteiger partial charge >= 0.3 is 0 Å². The minimum Gasteiger partial charge on any atom is -0.503 e. The van der Waals surface area contributed by atoms with Crippen LogP contribution in [-0.2, 0) is 6.42 Å². The van der Waals surface area contributed by atoms with Crippen LogP contribution in [0.4, 0.5) is 8.78 Å². The first-order valence-corrected chi connectivity index (χ1v) is 3.82. The Labute approximate surface area is 69.7 Å². The van der Waals surface area contributed by atoms with Crippen LogP contribution in [0.5, 0.6) is 5.75 Å². The monoisotopic (exact) mass is 172 g/mol. The van der Waals surface area contributed by atoms with E-state index in [1.54, 1.807) is 0 Å². The van der Waals surface area contributed by atoms with Crippen molar-refractivity contribution in [3.05, 3.63) is 29.3 Å². The molecule has 1 rings (SSSR count). The van der Waals surface area contributed by atoms with Gasteiger partial charge < -0.3 is 5.11 Å². The highest BCUT2D eigenvalue weighted by atomic mass is 19.1. The van der Waals surface area contributed by atoms with E-state index in [2.05, 4.69) is 0 Å². The van der Waals surface area contributed by atoms with Crippen LogP contribution in [0, 0.1) is 11.6 Å². The highest BCUT2D eigenvalue weighted by Crippen LogP contribution is 2.21. The van der Waals surface area contributed by atoms with Crippen LogP contribution < -0.4 is 0 Å². The first-order valence-electron chi connectivity index (χ1n) is 3.82. The molecule has 0 fully saturated rings. The van der Waals surface area contributed by atoms with Gasteiger partial charge in [0.05, 0.1) is 0 Å². The second-order valence-electron chi connectivity index (χ2n) is 2.66.